The topological polar surface area (TPSA) is 137 Å². The van der Waals surface area contributed by atoms with E-state index in [4.69, 9.17) is 11.6 Å². The number of aliphatic hydroxyl groups is 3. The van der Waals surface area contributed by atoms with Crippen LogP contribution < -0.4 is 5.32 Å². The van der Waals surface area contributed by atoms with E-state index in [0.717, 1.165) is 36.6 Å². The van der Waals surface area contributed by atoms with Gasteiger partial charge in [-0.3, -0.25) is 9.78 Å². The summed E-state index contributed by atoms with van der Waals surface area (Å²) in [6, 6.07) is 10.1. The molecule has 1 heterocycles. The lowest BCUT2D eigenvalue weighted by Crippen LogP contribution is -2.68. The van der Waals surface area contributed by atoms with Gasteiger partial charge in [-0.2, -0.15) is 0 Å². The second-order valence-corrected chi connectivity index (χ2v) is 14.2. The van der Waals surface area contributed by atoms with Gasteiger partial charge in [0.05, 0.1) is 26.5 Å². The van der Waals surface area contributed by atoms with Crippen molar-refractivity contribution in [1.29, 1.82) is 0 Å². The number of amides is 1. The predicted octanol–water partition coefficient (Wildman–Crippen LogP) is 4.54. The molecule has 0 saturated heterocycles. The Morgan fingerprint density at radius 2 is 1.71 bits per heavy atom. The van der Waals surface area contributed by atoms with E-state index in [1.165, 1.54) is 18.2 Å². The summed E-state index contributed by atoms with van der Waals surface area (Å²) >= 11 is 6.27. The summed E-state index contributed by atoms with van der Waals surface area (Å²) in [6.45, 7) is 0. The highest BCUT2D eigenvalue weighted by Gasteiger charge is 2.64. The smallest absolute Gasteiger partial charge is 0.255 e. The van der Waals surface area contributed by atoms with E-state index in [1.54, 1.807) is 12.3 Å². The first-order valence-corrected chi connectivity index (χ1v) is 15.7. The Morgan fingerprint density at radius 1 is 1.00 bits per heavy atom. The first-order valence-electron chi connectivity index (χ1n) is 13.7. The van der Waals surface area contributed by atoms with Crippen molar-refractivity contribution in [2.24, 2.45) is 11.8 Å². The summed E-state index contributed by atoms with van der Waals surface area (Å²) in [5.74, 6) is -3.68. The van der Waals surface area contributed by atoms with Crippen LogP contribution in [-0.2, 0) is 9.84 Å². The molecule has 4 aliphatic rings. The van der Waals surface area contributed by atoms with E-state index in [1.807, 2.05) is 6.07 Å². The van der Waals surface area contributed by atoms with Gasteiger partial charge < -0.3 is 20.6 Å². The molecule has 0 radical (unpaired) electrons. The van der Waals surface area contributed by atoms with Gasteiger partial charge in [-0.25, -0.2) is 17.2 Å². The number of carbonyl (C=O) groups excluding carboxylic acids is 1. The molecule has 7 rings (SSSR count). The maximum absolute atomic E-state index is 13.7. The first kappa shape index (κ1) is 29.1. The molecule has 4 fully saturated rings. The van der Waals surface area contributed by atoms with Crippen LogP contribution in [-0.4, -0.2) is 51.6 Å². The standard InChI is InChI=1S/C30H29ClF2N2O6S/c31-22-6-3-16(29(38)35-20-5-7-23(32)24(33)13-20)9-26(22)42(40,41)21-11-18-10-19(12-21)30(18,39)28(37)27(36)25-8-4-17(14-34-25)15-1-2-15/h3-9,13-15,18-19,21,27-28,36-37,39H,1-2,10-12H2,(H,35,38). The van der Waals surface area contributed by atoms with Crippen molar-refractivity contribution in [2.45, 2.75) is 66.0 Å². The van der Waals surface area contributed by atoms with Gasteiger partial charge in [0.1, 0.15) is 12.2 Å². The van der Waals surface area contributed by atoms with Crippen LogP contribution in [0.5, 0.6) is 0 Å². The van der Waals surface area contributed by atoms with E-state index < -0.39 is 62.3 Å². The Balaban J connectivity index is 1.17. The second-order valence-electron chi connectivity index (χ2n) is 11.6. The Morgan fingerprint density at radius 3 is 2.33 bits per heavy atom. The minimum absolute atomic E-state index is 0.0142. The molecule has 4 N–H and O–H groups in total. The highest BCUT2D eigenvalue weighted by atomic mass is 35.5. The maximum Gasteiger partial charge on any atom is 0.255 e. The molecule has 12 heteroatoms. The number of halogens is 3. The number of pyridine rings is 1. The average molecular weight is 619 g/mol. The molecule has 8 nitrogen and oxygen atoms in total. The van der Waals surface area contributed by atoms with Crippen molar-refractivity contribution in [3.63, 3.8) is 0 Å². The quantitative estimate of drug-likeness (QED) is 0.291. The van der Waals surface area contributed by atoms with Gasteiger partial charge in [-0.15, -0.1) is 0 Å². The Labute approximate surface area is 246 Å². The molecular formula is C30H29ClF2N2O6S. The predicted molar refractivity (Wildman–Crippen MR) is 150 cm³/mol. The molecule has 42 heavy (non-hydrogen) atoms. The number of sulfone groups is 1. The first-order chi connectivity index (χ1) is 19.9. The molecule has 3 aromatic rings. The molecule has 4 atom stereocenters. The minimum atomic E-state index is -4.08. The molecule has 4 unspecified atom stereocenters. The fourth-order valence-corrected chi connectivity index (χ4v) is 8.82. The second kappa shape index (κ2) is 10.6. The zero-order valence-electron chi connectivity index (χ0n) is 22.3. The van der Waals surface area contributed by atoms with Gasteiger partial charge in [0.25, 0.3) is 5.91 Å². The molecule has 0 spiro atoms. The Bertz CT molecular complexity index is 1640. The van der Waals surface area contributed by atoms with Crippen LogP contribution >= 0.6 is 11.6 Å². The average Bonchev–Trinajstić information content (AvgIpc) is 3.84. The van der Waals surface area contributed by atoms with Gasteiger partial charge in [-0.1, -0.05) is 17.7 Å². The van der Waals surface area contributed by atoms with E-state index in [2.05, 4.69) is 10.3 Å². The van der Waals surface area contributed by atoms with Crippen LogP contribution in [0.15, 0.2) is 59.6 Å². The van der Waals surface area contributed by atoms with E-state index in [9.17, 15) is 37.3 Å². The number of nitrogens with zero attached hydrogens (tertiary/aromatic N) is 1. The fraction of sp³-hybridized carbons (Fsp3) is 0.400. The molecular weight excluding hydrogens is 590 g/mol. The zero-order valence-corrected chi connectivity index (χ0v) is 23.8. The highest BCUT2D eigenvalue weighted by molar-refractivity contribution is 7.92. The van der Waals surface area contributed by atoms with Gasteiger partial charge in [0.2, 0.25) is 0 Å². The van der Waals surface area contributed by atoms with Crippen LogP contribution in [0.3, 0.4) is 0 Å². The van der Waals surface area contributed by atoms with Crippen molar-refractivity contribution in [3.8, 4) is 0 Å². The van der Waals surface area contributed by atoms with Crippen LogP contribution in [0, 0.1) is 23.5 Å². The van der Waals surface area contributed by atoms with Crippen molar-refractivity contribution in [2.75, 3.05) is 5.32 Å². The molecule has 4 saturated carbocycles. The van der Waals surface area contributed by atoms with Gasteiger partial charge in [-0.05, 0) is 91.8 Å². The zero-order chi connectivity index (χ0) is 30.0. The molecule has 2 aromatic carbocycles. The number of nitrogens with one attached hydrogen (secondary N) is 1. The van der Waals surface area contributed by atoms with E-state index in [0.29, 0.717) is 12.3 Å². The molecule has 4 aliphatic carbocycles. The molecule has 2 bridgehead atoms. The Kier molecular flexibility index (Phi) is 7.38. The third kappa shape index (κ3) is 5.01. The van der Waals surface area contributed by atoms with Crippen LogP contribution in [0.2, 0.25) is 5.02 Å². The van der Waals surface area contributed by atoms with Crippen molar-refractivity contribution in [1.82, 2.24) is 4.98 Å². The lowest BCUT2D eigenvalue weighted by molar-refractivity contribution is -0.252. The summed E-state index contributed by atoms with van der Waals surface area (Å²) < 4.78 is 54.2. The number of fused-ring (bicyclic) bond motifs is 2. The lowest BCUT2D eigenvalue weighted by atomic mass is 9.51. The van der Waals surface area contributed by atoms with E-state index in [-0.39, 0.29) is 39.7 Å². The molecule has 1 aromatic heterocycles. The minimum Gasteiger partial charge on any atom is -0.387 e. The van der Waals surface area contributed by atoms with Gasteiger partial charge in [0, 0.05) is 23.5 Å². The number of aromatic nitrogens is 1. The Hall–Kier alpha value is -2.96. The van der Waals surface area contributed by atoms with Crippen molar-refractivity contribution >= 4 is 33.0 Å². The summed E-state index contributed by atoms with van der Waals surface area (Å²) in [7, 11) is -4.08. The van der Waals surface area contributed by atoms with Crippen molar-refractivity contribution < 1.29 is 37.3 Å². The summed E-state index contributed by atoms with van der Waals surface area (Å²) in [4.78, 5) is 16.8. The summed E-state index contributed by atoms with van der Waals surface area (Å²) in [5, 5.41) is 34.8. The largest absolute Gasteiger partial charge is 0.387 e. The molecule has 1 amide bonds. The van der Waals surface area contributed by atoms with E-state index >= 15 is 0 Å². The molecule has 0 aliphatic heterocycles. The number of carbonyl (C=O) groups is 1. The highest BCUT2D eigenvalue weighted by Crippen LogP contribution is 2.58. The number of aliphatic hydroxyl groups excluding tert-OH is 2. The van der Waals surface area contributed by atoms with Crippen LogP contribution in [0.25, 0.3) is 0 Å². The van der Waals surface area contributed by atoms with Crippen LogP contribution in [0.4, 0.5) is 14.5 Å². The fourth-order valence-electron chi connectivity index (χ4n) is 6.41. The third-order valence-corrected chi connectivity index (χ3v) is 11.7. The van der Waals surface area contributed by atoms with Gasteiger partial charge in [0.15, 0.2) is 21.5 Å². The van der Waals surface area contributed by atoms with Crippen LogP contribution in [0.1, 0.15) is 65.7 Å². The van der Waals surface area contributed by atoms with Gasteiger partial charge >= 0.3 is 0 Å². The summed E-state index contributed by atoms with van der Waals surface area (Å²) in [6.07, 6.45) is 1.40. The number of benzene rings is 2. The number of anilines is 1. The number of hydrogen-bond acceptors (Lipinski definition) is 7. The normalized spacial score (nSPS) is 26.7. The monoisotopic (exact) mass is 618 g/mol. The molecule has 222 valence electrons. The lowest BCUT2D eigenvalue weighted by Gasteiger charge is -2.60. The third-order valence-electron chi connectivity index (χ3n) is 9.02. The number of hydrogen-bond donors (Lipinski definition) is 4. The SMILES string of the molecule is O=C(Nc1ccc(F)c(F)c1)c1ccc(Cl)c(S(=O)(=O)C2CC3CC(C2)C3(O)C(O)C(O)c2ccc(C3CC3)cn2)c1. The number of rotatable bonds is 8. The van der Waals surface area contributed by atoms with Crippen molar-refractivity contribution in [3.05, 3.63) is 88.2 Å². The summed E-state index contributed by atoms with van der Waals surface area (Å²) in [5.41, 5.74) is -0.450. The maximum atomic E-state index is 13.7.